The molecule has 0 amide bonds. The van der Waals surface area contributed by atoms with Gasteiger partial charge >= 0.3 is 5.97 Å². The zero-order valence-corrected chi connectivity index (χ0v) is 15.6. The normalized spacial score (nSPS) is 20.4. The van der Waals surface area contributed by atoms with E-state index in [1.54, 1.807) is 4.68 Å². The number of carbonyl (C=O) groups is 1. The number of aliphatic hydroxyl groups is 1. The molecule has 0 radical (unpaired) electrons. The van der Waals surface area contributed by atoms with Gasteiger partial charge in [-0.05, 0) is 54.0 Å². The predicted molar refractivity (Wildman–Crippen MR) is 92.7 cm³/mol. The summed E-state index contributed by atoms with van der Waals surface area (Å²) in [4.78, 5) is 14.2. The van der Waals surface area contributed by atoms with Crippen LogP contribution in [-0.2, 0) is 22.6 Å². The summed E-state index contributed by atoms with van der Waals surface area (Å²) in [7, 11) is 0. The number of hydrogen-bond donors (Lipinski definition) is 1. The van der Waals surface area contributed by atoms with Crippen molar-refractivity contribution in [1.82, 2.24) is 14.7 Å². The number of rotatable bonds is 6. The van der Waals surface area contributed by atoms with Crippen LogP contribution in [0.25, 0.3) is 0 Å². The Morgan fingerprint density at radius 1 is 1.33 bits per heavy atom. The van der Waals surface area contributed by atoms with Crippen molar-refractivity contribution < 1.29 is 14.6 Å². The molecule has 1 aliphatic heterocycles. The van der Waals surface area contributed by atoms with E-state index in [0.717, 1.165) is 42.9 Å². The van der Waals surface area contributed by atoms with Crippen LogP contribution in [0.2, 0.25) is 0 Å². The molecule has 24 heavy (non-hydrogen) atoms. The molecule has 1 aromatic heterocycles. The standard InChI is InChI=1S/C18H31N3O3/c1-12(2)24-18(23)11-21-14(4)16(13(3)19-21)10-20-9-7-6-8-17(20)15(5)22/h12,15,17,22H,6-11H2,1-5H3. The number of ether oxygens (including phenoxy) is 1. The van der Waals surface area contributed by atoms with E-state index in [0.29, 0.717) is 0 Å². The average molecular weight is 337 g/mol. The molecule has 6 heteroatoms. The molecule has 0 aliphatic carbocycles. The molecule has 2 unspecified atom stereocenters. The minimum absolute atomic E-state index is 0.117. The Labute approximate surface area is 144 Å². The summed E-state index contributed by atoms with van der Waals surface area (Å²) in [6, 6.07) is 0.201. The number of carbonyl (C=O) groups excluding carboxylic acids is 1. The number of piperidine rings is 1. The molecule has 1 aliphatic rings. The maximum atomic E-state index is 11.9. The monoisotopic (exact) mass is 337 g/mol. The molecule has 0 spiro atoms. The fraction of sp³-hybridized carbons (Fsp3) is 0.778. The van der Waals surface area contributed by atoms with Crippen molar-refractivity contribution in [3.05, 3.63) is 17.0 Å². The van der Waals surface area contributed by atoms with Gasteiger partial charge in [0.1, 0.15) is 6.54 Å². The van der Waals surface area contributed by atoms with Crippen molar-refractivity contribution in [3.63, 3.8) is 0 Å². The van der Waals surface area contributed by atoms with Gasteiger partial charge in [0.25, 0.3) is 0 Å². The van der Waals surface area contributed by atoms with Crippen LogP contribution in [0.1, 0.15) is 57.0 Å². The van der Waals surface area contributed by atoms with Crippen molar-refractivity contribution in [2.75, 3.05) is 6.54 Å². The van der Waals surface area contributed by atoms with Gasteiger partial charge in [-0.1, -0.05) is 6.42 Å². The van der Waals surface area contributed by atoms with Gasteiger partial charge in [0, 0.05) is 23.8 Å². The number of aromatic nitrogens is 2. The largest absolute Gasteiger partial charge is 0.462 e. The highest BCUT2D eigenvalue weighted by atomic mass is 16.5. The molecule has 0 aromatic carbocycles. The number of aryl methyl sites for hydroxylation is 1. The van der Waals surface area contributed by atoms with Crippen LogP contribution >= 0.6 is 0 Å². The molecule has 6 nitrogen and oxygen atoms in total. The smallest absolute Gasteiger partial charge is 0.328 e. The Morgan fingerprint density at radius 2 is 2.04 bits per heavy atom. The molecule has 136 valence electrons. The Hall–Kier alpha value is -1.40. The molecule has 2 atom stereocenters. The van der Waals surface area contributed by atoms with Gasteiger partial charge in [0.15, 0.2) is 0 Å². The van der Waals surface area contributed by atoms with Gasteiger partial charge in [-0.2, -0.15) is 5.10 Å². The highest BCUT2D eigenvalue weighted by molar-refractivity contribution is 5.69. The first-order valence-electron chi connectivity index (χ1n) is 8.94. The number of esters is 1. The summed E-state index contributed by atoms with van der Waals surface area (Å²) in [5.74, 6) is -0.262. The van der Waals surface area contributed by atoms with Crippen LogP contribution in [0.15, 0.2) is 0 Å². The lowest BCUT2D eigenvalue weighted by Gasteiger charge is -2.37. The zero-order chi connectivity index (χ0) is 17.9. The van der Waals surface area contributed by atoms with Crippen molar-refractivity contribution >= 4 is 5.97 Å². The van der Waals surface area contributed by atoms with Crippen LogP contribution in [0.5, 0.6) is 0 Å². The molecule has 1 aromatic rings. The van der Waals surface area contributed by atoms with E-state index in [-0.39, 0.29) is 30.8 Å². The Morgan fingerprint density at radius 3 is 2.67 bits per heavy atom. The van der Waals surface area contributed by atoms with E-state index in [1.807, 2.05) is 34.6 Å². The van der Waals surface area contributed by atoms with Gasteiger partial charge in [-0.15, -0.1) is 0 Å². The van der Waals surface area contributed by atoms with E-state index in [4.69, 9.17) is 4.74 Å². The molecule has 0 saturated carbocycles. The number of hydrogen-bond acceptors (Lipinski definition) is 5. The lowest BCUT2D eigenvalue weighted by atomic mass is 9.97. The van der Waals surface area contributed by atoms with Crippen molar-refractivity contribution in [3.8, 4) is 0 Å². The maximum absolute atomic E-state index is 11.9. The summed E-state index contributed by atoms with van der Waals surface area (Å²) >= 11 is 0. The van der Waals surface area contributed by atoms with E-state index in [2.05, 4.69) is 10.00 Å². The maximum Gasteiger partial charge on any atom is 0.328 e. The van der Waals surface area contributed by atoms with Gasteiger partial charge in [-0.25, -0.2) is 0 Å². The van der Waals surface area contributed by atoms with Crippen LogP contribution < -0.4 is 0 Å². The summed E-state index contributed by atoms with van der Waals surface area (Å²) in [6.07, 6.45) is 2.92. The van der Waals surface area contributed by atoms with Crippen LogP contribution in [0.4, 0.5) is 0 Å². The third-order valence-corrected chi connectivity index (χ3v) is 4.76. The lowest BCUT2D eigenvalue weighted by molar-refractivity contribution is -0.148. The number of nitrogens with zero attached hydrogens (tertiary/aromatic N) is 3. The highest BCUT2D eigenvalue weighted by Crippen LogP contribution is 2.24. The summed E-state index contributed by atoms with van der Waals surface area (Å²) < 4.78 is 6.95. The number of aliphatic hydroxyl groups excluding tert-OH is 1. The second-order valence-corrected chi connectivity index (χ2v) is 7.12. The molecule has 1 saturated heterocycles. The molecule has 1 fully saturated rings. The van der Waals surface area contributed by atoms with Crippen molar-refractivity contribution in [1.29, 1.82) is 0 Å². The van der Waals surface area contributed by atoms with E-state index in [1.165, 1.54) is 6.42 Å². The van der Waals surface area contributed by atoms with Crippen molar-refractivity contribution in [2.45, 2.75) is 85.2 Å². The topological polar surface area (TPSA) is 67.6 Å². The molecule has 0 bridgehead atoms. The second-order valence-electron chi connectivity index (χ2n) is 7.12. The second kappa shape index (κ2) is 8.12. The summed E-state index contributed by atoms with van der Waals surface area (Å²) in [5, 5.41) is 14.6. The Balaban J connectivity index is 2.12. The minimum Gasteiger partial charge on any atom is -0.462 e. The van der Waals surface area contributed by atoms with Gasteiger partial charge < -0.3 is 9.84 Å². The molecule has 1 N–H and O–H groups in total. The quantitative estimate of drug-likeness (QED) is 0.806. The van der Waals surface area contributed by atoms with E-state index >= 15 is 0 Å². The van der Waals surface area contributed by atoms with Crippen LogP contribution in [0.3, 0.4) is 0 Å². The zero-order valence-electron chi connectivity index (χ0n) is 15.6. The van der Waals surface area contributed by atoms with Gasteiger partial charge in [0.05, 0.1) is 17.9 Å². The molecule has 2 rings (SSSR count). The average Bonchev–Trinajstić information content (AvgIpc) is 2.74. The lowest BCUT2D eigenvalue weighted by Crippen LogP contribution is -2.45. The minimum atomic E-state index is -0.332. The summed E-state index contributed by atoms with van der Waals surface area (Å²) in [6.45, 7) is 11.4. The fourth-order valence-corrected chi connectivity index (χ4v) is 3.50. The first kappa shape index (κ1) is 18.9. The first-order chi connectivity index (χ1) is 11.3. The highest BCUT2D eigenvalue weighted by Gasteiger charge is 2.28. The fourth-order valence-electron chi connectivity index (χ4n) is 3.50. The predicted octanol–water partition coefficient (Wildman–Crippen LogP) is 2.19. The van der Waals surface area contributed by atoms with Gasteiger partial charge in [-0.3, -0.25) is 14.4 Å². The summed E-state index contributed by atoms with van der Waals surface area (Å²) in [5.41, 5.74) is 3.10. The van der Waals surface area contributed by atoms with E-state index in [9.17, 15) is 9.90 Å². The Kier molecular flexibility index (Phi) is 6.40. The first-order valence-corrected chi connectivity index (χ1v) is 8.94. The van der Waals surface area contributed by atoms with Crippen LogP contribution in [-0.4, -0.2) is 50.6 Å². The van der Waals surface area contributed by atoms with Crippen molar-refractivity contribution in [2.24, 2.45) is 0 Å². The van der Waals surface area contributed by atoms with E-state index < -0.39 is 0 Å². The number of likely N-dealkylation sites (tertiary alicyclic amines) is 1. The third kappa shape index (κ3) is 4.57. The molecule has 2 heterocycles. The SMILES string of the molecule is Cc1nn(CC(=O)OC(C)C)c(C)c1CN1CCCCC1C(C)O. The Bertz CT molecular complexity index is 566. The van der Waals surface area contributed by atoms with Gasteiger partial charge in [0.2, 0.25) is 0 Å². The molecular formula is C18H31N3O3. The molecular weight excluding hydrogens is 306 g/mol. The third-order valence-electron chi connectivity index (χ3n) is 4.76. The van der Waals surface area contributed by atoms with Crippen LogP contribution in [0, 0.1) is 13.8 Å².